The number of carbonyl (C=O) groups excluding carboxylic acids is 1. The molecule has 2 aromatic rings. The van der Waals surface area contributed by atoms with Crippen LogP contribution in [0.2, 0.25) is 0 Å². The first kappa shape index (κ1) is 14.0. The second-order valence-corrected chi connectivity index (χ2v) is 6.29. The molecule has 1 atom stereocenters. The zero-order valence-corrected chi connectivity index (χ0v) is 12.8. The van der Waals surface area contributed by atoms with Crippen LogP contribution in [0.3, 0.4) is 0 Å². The third-order valence-electron chi connectivity index (χ3n) is 3.75. The van der Waals surface area contributed by atoms with Crippen molar-refractivity contribution in [2.75, 3.05) is 16.4 Å². The first-order valence-corrected chi connectivity index (χ1v) is 8.02. The van der Waals surface area contributed by atoms with E-state index in [9.17, 15) is 4.79 Å². The lowest BCUT2D eigenvalue weighted by Gasteiger charge is -2.22. The highest BCUT2D eigenvalue weighted by Crippen LogP contribution is 2.33. The van der Waals surface area contributed by atoms with Gasteiger partial charge in [-0.05, 0) is 37.1 Å². The Labute approximate surface area is 129 Å². The van der Waals surface area contributed by atoms with Gasteiger partial charge in [0.1, 0.15) is 0 Å². The highest BCUT2D eigenvalue weighted by atomic mass is 32.2. The van der Waals surface area contributed by atoms with Gasteiger partial charge in [-0.15, -0.1) is 11.8 Å². The summed E-state index contributed by atoms with van der Waals surface area (Å²) in [6, 6.07) is 16.0. The second-order valence-electron chi connectivity index (χ2n) is 5.27. The van der Waals surface area contributed by atoms with Crippen molar-refractivity contribution in [3.05, 3.63) is 54.1 Å². The quantitative estimate of drug-likeness (QED) is 0.698. The third kappa shape index (κ3) is 2.76. The average molecular weight is 298 g/mol. The minimum absolute atomic E-state index is 0.140. The molecule has 0 radical (unpaired) electrons. The van der Waals surface area contributed by atoms with Crippen molar-refractivity contribution in [3.8, 4) is 0 Å². The summed E-state index contributed by atoms with van der Waals surface area (Å²) in [7, 11) is 0. The Kier molecular flexibility index (Phi) is 3.88. The summed E-state index contributed by atoms with van der Waals surface area (Å²) in [6.45, 7) is 2.10. The number of carbonyl (C=O) groups is 1. The van der Waals surface area contributed by atoms with E-state index in [1.165, 1.54) is 17.3 Å². The molecule has 2 aromatic carbocycles. The molecule has 0 saturated carbocycles. The van der Waals surface area contributed by atoms with Gasteiger partial charge in [0.2, 0.25) is 5.91 Å². The molecule has 21 heavy (non-hydrogen) atoms. The van der Waals surface area contributed by atoms with E-state index < -0.39 is 0 Å². The maximum Gasteiger partial charge on any atom is 0.237 e. The van der Waals surface area contributed by atoms with Crippen molar-refractivity contribution in [2.45, 2.75) is 24.3 Å². The van der Waals surface area contributed by atoms with Gasteiger partial charge in [-0.3, -0.25) is 4.79 Å². The number of benzene rings is 2. The molecular formula is C17H18N2OS. The lowest BCUT2D eigenvalue weighted by atomic mass is 10.1. The molecule has 0 saturated heterocycles. The van der Waals surface area contributed by atoms with E-state index >= 15 is 0 Å². The fourth-order valence-electron chi connectivity index (χ4n) is 2.77. The Bertz CT molecular complexity index is 671. The summed E-state index contributed by atoms with van der Waals surface area (Å²) in [4.78, 5) is 15.4. The van der Waals surface area contributed by atoms with E-state index in [1.54, 1.807) is 0 Å². The lowest BCUT2D eigenvalue weighted by Crippen LogP contribution is -2.36. The van der Waals surface area contributed by atoms with Crippen molar-refractivity contribution < 1.29 is 4.79 Å². The Hall–Kier alpha value is -1.94. The van der Waals surface area contributed by atoms with Gasteiger partial charge in [0.25, 0.3) is 0 Å². The van der Waals surface area contributed by atoms with E-state index in [2.05, 4.69) is 13.0 Å². The van der Waals surface area contributed by atoms with Crippen molar-refractivity contribution >= 4 is 29.0 Å². The molecule has 0 aliphatic carbocycles. The highest BCUT2D eigenvalue weighted by Gasteiger charge is 2.30. The largest absolute Gasteiger partial charge is 0.398 e. The molecule has 0 aromatic heterocycles. The SMILES string of the molecule is C[C@@H]1Cc2ccccc2N1C(=O)CSc1ccccc1N. The Balaban J connectivity index is 1.73. The monoisotopic (exact) mass is 298 g/mol. The smallest absolute Gasteiger partial charge is 0.237 e. The summed E-state index contributed by atoms with van der Waals surface area (Å²) < 4.78 is 0. The number of hydrogen-bond donors (Lipinski definition) is 1. The zero-order valence-electron chi connectivity index (χ0n) is 12.0. The minimum Gasteiger partial charge on any atom is -0.398 e. The molecular weight excluding hydrogens is 280 g/mol. The molecule has 0 bridgehead atoms. The molecule has 108 valence electrons. The van der Waals surface area contributed by atoms with Crippen LogP contribution in [-0.4, -0.2) is 17.7 Å². The molecule has 3 rings (SSSR count). The normalized spacial score (nSPS) is 16.8. The minimum atomic E-state index is 0.140. The molecule has 0 fully saturated rings. The molecule has 1 amide bonds. The molecule has 0 unspecified atom stereocenters. The molecule has 1 heterocycles. The number of fused-ring (bicyclic) bond motifs is 1. The van der Waals surface area contributed by atoms with Crippen LogP contribution in [0.15, 0.2) is 53.4 Å². The van der Waals surface area contributed by atoms with E-state index in [0.717, 1.165) is 22.7 Å². The van der Waals surface area contributed by atoms with E-state index in [-0.39, 0.29) is 11.9 Å². The van der Waals surface area contributed by atoms with E-state index in [0.29, 0.717) is 5.75 Å². The topological polar surface area (TPSA) is 46.3 Å². The van der Waals surface area contributed by atoms with Crippen LogP contribution >= 0.6 is 11.8 Å². The van der Waals surface area contributed by atoms with Gasteiger partial charge in [0.15, 0.2) is 0 Å². The van der Waals surface area contributed by atoms with Crippen LogP contribution in [0.5, 0.6) is 0 Å². The van der Waals surface area contributed by atoms with Crippen LogP contribution in [0.25, 0.3) is 0 Å². The third-order valence-corrected chi connectivity index (χ3v) is 4.82. The maximum absolute atomic E-state index is 12.6. The number of rotatable bonds is 3. The van der Waals surface area contributed by atoms with Gasteiger partial charge in [0, 0.05) is 22.3 Å². The van der Waals surface area contributed by atoms with Gasteiger partial charge >= 0.3 is 0 Å². The predicted octanol–water partition coefficient (Wildman–Crippen LogP) is 3.34. The number of anilines is 2. The number of para-hydroxylation sites is 2. The standard InChI is InChI=1S/C17H18N2OS/c1-12-10-13-6-2-4-8-15(13)19(12)17(20)11-21-16-9-5-3-7-14(16)18/h2-9,12H,10-11,18H2,1H3/t12-/m1/s1. The zero-order chi connectivity index (χ0) is 14.8. The van der Waals surface area contributed by atoms with Crippen molar-refractivity contribution in [1.29, 1.82) is 0 Å². The number of amides is 1. The number of nitrogens with two attached hydrogens (primary N) is 1. The van der Waals surface area contributed by atoms with E-state index in [1.807, 2.05) is 47.4 Å². The van der Waals surface area contributed by atoms with Crippen molar-refractivity contribution in [2.24, 2.45) is 0 Å². The lowest BCUT2D eigenvalue weighted by molar-refractivity contribution is -0.116. The van der Waals surface area contributed by atoms with E-state index in [4.69, 9.17) is 5.73 Å². The molecule has 4 heteroatoms. The summed E-state index contributed by atoms with van der Waals surface area (Å²) in [5.74, 6) is 0.549. The average Bonchev–Trinajstić information content (AvgIpc) is 2.82. The molecule has 3 nitrogen and oxygen atoms in total. The molecule has 2 N–H and O–H groups in total. The fraction of sp³-hybridized carbons (Fsp3) is 0.235. The van der Waals surface area contributed by atoms with Crippen LogP contribution in [0.4, 0.5) is 11.4 Å². The Morgan fingerprint density at radius 2 is 1.95 bits per heavy atom. The number of nitrogen functional groups attached to an aromatic ring is 1. The van der Waals surface area contributed by atoms with Gasteiger partial charge < -0.3 is 10.6 Å². The Morgan fingerprint density at radius 3 is 2.76 bits per heavy atom. The summed E-state index contributed by atoms with van der Waals surface area (Å²) in [5.41, 5.74) is 8.95. The maximum atomic E-state index is 12.6. The summed E-state index contributed by atoms with van der Waals surface area (Å²) in [6.07, 6.45) is 0.931. The summed E-state index contributed by atoms with van der Waals surface area (Å²) >= 11 is 1.50. The predicted molar refractivity (Wildman–Crippen MR) is 88.7 cm³/mol. The molecule has 0 spiro atoms. The number of nitrogens with zero attached hydrogens (tertiary/aromatic N) is 1. The fourth-order valence-corrected chi connectivity index (χ4v) is 3.59. The van der Waals surface area contributed by atoms with Crippen LogP contribution < -0.4 is 10.6 Å². The van der Waals surface area contributed by atoms with Crippen LogP contribution in [-0.2, 0) is 11.2 Å². The Morgan fingerprint density at radius 1 is 1.24 bits per heavy atom. The second kappa shape index (κ2) is 5.82. The molecule has 1 aliphatic heterocycles. The van der Waals surface area contributed by atoms with Gasteiger partial charge in [-0.25, -0.2) is 0 Å². The van der Waals surface area contributed by atoms with Gasteiger partial charge in [-0.2, -0.15) is 0 Å². The summed E-state index contributed by atoms with van der Waals surface area (Å²) in [5, 5.41) is 0. The number of hydrogen-bond acceptors (Lipinski definition) is 3. The first-order chi connectivity index (χ1) is 10.2. The molecule has 1 aliphatic rings. The van der Waals surface area contributed by atoms with Gasteiger partial charge in [0.05, 0.1) is 5.75 Å². The van der Waals surface area contributed by atoms with Crippen molar-refractivity contribution in [1.82, 2.24) is 0 Å². The number of thioether (sulfide) groups is 1. The first-order valence-electron chi connectivity index (χ1n) is 7.04. The van der Waals surface area contributed by atoms with Gasteiger partial charge in [-0.1, -0.05) is 30.3 Å². The van der Waals surface area contributed by atoms with Crippen molar-refractivity contribution in [3.63, 3.8) is 0 Å². The highest BCUT2D eigenvalue weighted by molar-refractivity contribution is 8.00. The van der Waals surface area contributed by atoms with Crippen LogP contribution in [0.1, 0.15) is 12.5 Å². The van der Waals surface area contributed by atoms with Crippen LogP contribution in [0, 0.1) is 0 Å².